The number of primary amides is 1. The Morgan fingerprint density at radius 2 is 1.45 bits per heavy atom. The average molecular weight is 730 g/mol. The van der Waals surface area contributed by atoms with Crippen molar-refractivity contribution in [2.45, 2.75) is 23.8 Å². The molecule has 226 valence electrons. The molecule has 1 amide bonds. The van der Waals surface area contributed by atoms with Gasteiger partial charge < -0.3 is 22.9 Å². The number of nitrogens with zero attached hydrogens (tertiary/aromatic N) is 4. The topological polar surface area (TPSA) is 256 Å². The first kappa shape index (κ1) is 42.8. The van der Waals surface area contributed by atoms with Gasteiger partial charge in [0.2, 0.25) is 6.41 Å². The number of nitrogens with one attached hydrogen (secondary N) is 1. The first-order valence-electron chi connectivity index (χ1n) is 9.92. The van der Waals surface area contributed by atoms with Gasteiger partial charge in [0.05, 0.1) is 45.0 Å². The number of amides is 1. The molecule has 40 heavy (non-hydrogen) atoms. The standard InChI is InChI=1S/C7H12N4O2S3.C5H7N3S2.C4H4ClNS.CH3NO.CH3NS.ClH/c8-7(11-16(9,12)13)1-2-14-3-6-4-15-5-10-6;6-5(7)10-2-4-1-9-3-8-4;5-1-4-2-7-3-6-4;2*2-1-3;/h4-5H,1-3H2,(H2,8,11)(H2,9,12,13);1,3H,2H2,(H3,6,7);2-3H,1H2;2*1H,(H2,2,3);1H. The summed E-state index contributed by atoms with van der Waals surface area (Å²) in [5.74, 6) is 2.74. The lowest BCUT2D eigenvalue weighted by molar-refractivity contribution is -0.106. The van der Waals surface area contributed by atoms with Crippen molar-refractivity contribution in [3.8, 4) is 0 Å². The van der Waals surface area contributed by atoms with E-state index in [0.717, 1.165) is 28.3 Å². The molecule has 0 atom stereocenters. The quantitative estimate of drug-likeness (QED) is 0.0464. The molecule has 0 saturated carbocycles. The molecule has 0 saturated heterocycles. The number of thiazole rings is 3. The van der Waals surface area contributed by atoms with Crippen LogP contribution >= 0.6 is 93.8 Å². The van der Waals surface area contributed by atoms with Gasteiger partial charge in [-0.25, -0.2) is 20.1 Å². The lowest BCUT2D eigenvalue weighted by Gasteiger charge is -1.99. The monoisotopic (exact) mass is 728 g/mol. The van der Waals surface area contributed by atoms with Crippen molar-refractivity contribution in [1.82, 2.24) is 15.0 Å². The molecule has 3 aromatic heterocycles. The summed E-state index contributed by atoms with van der Waals surface area (Å²) in [5.41, 5.74) is 28.6. The average Bonchev–Trinajstić information content (AvgIpc) is 3.65. The number of rotatable bonds is 9. The molecule has 11 N–H and O–H groups in total. The van der Waals surface area contributed by atoms with Crippen molar-refractivity contribution in [1.29, 1.82) is 5.41 Å². The predicted molar refractivity (Wildman–Crippen MR) is 180 cm³/mol. The van der Waals surface area contributed by atoms with E-state index in [-0.39, 0.29) is 29.8 Å². The Morgan fingerprint density at radius 3 is 1.77 bits per heavy atom. The van der Waals surface area contributed by atoms with Crippen LogP contribution in [-0.2, 0) is 32.4 Å². The third kappa shape index (κ3) is 30.9. The van der Waals surface area contributed by atoms with Crippen LogP contribution in [0.5, 0.6) is 0 Å². The van der Waals surface area contributed by atoms with Crippen LogP contribution in [0.1, 0.15) is 23.5 Å². The minimum atomic E-state index is -3.86. The van der Waals surface area contributed by atoms with Crippen LogP contribution in [0.2, 0.25) is 0 Å². The van der Waals surface area contributed by atoms with Crippen molar-refractivity contribution < 1.29 is 13.2 Å². The number of carbonyl (C=O) groups excluding carboxylic acids is 1. The van der Waals surface area contributed by atoms with E-state index >= 15 is 0 Å². The van der Waals surface area contributed by atoms with Gasteiger partial charge >= 0.3 is 10.2 Å². The molecule has 3 rings (SSSR count). The van der Waals surface area contributed by atoms with Gasteiger partial charge in [0.15, 0.2) is 5.17 Å². The maximum Gasteiger partial charge on any atom is 0.318 e. The predicted octanol–water partition coefficient (Wildman–Crippen LogP) is 2.90. The Morgan fingerprint density at radius 1 is 1.02 bits per heavy atom. The van der Waals surface area contributed by atoms with Crippen molar-refractivity contribution in [3.05, 3.63) is 49.8 Å². The molecule has 0 aromatic carbocycles. The molecule has 0 unspecified atom stereocenters. The van der Waals surface area contributed by atoms with Gasteiger partial charge in [-0.2, -0.15) is 20.2 Å². The number of carbonyl (C=O) groups is 1. The highest BCUT2D eigenvalue weighted by Crippen LogP contribution is 2.13. The molecule has 0 bridgehead atoms. The summed E-state index contributed by atoms with van der Waals surface area (Å²) >= 11 is 17.0. The van der Waals surface area contributed by atoms with Gasteiger partial charge in [-0.15, -0.1) is 62.4 Å². The van der Waals surface area contributed by atoms with E-state index in [4.69, 9.17) is 38.4 Å². The van der Waals surface area contributed by atoms with E-state index in [1.54, 1.807) is 62.3 Å². The Labute approximate surface area is 270 Å². The second-order valence-electron chi connectivity index (χ2n) is 5.90. The summed E-state index contributed by atoms with van der Waals surface area (Å²) in [6.45, 7) is 0. The highest BCUT2D eigenvalue weighted by molar-refractivity contribution is 8.13. The number of amidine groups is 2. The molecule has 3 aromatic rings. The minimum Gasteiger partial charge on any atom is -0.396 e. The molecule has 0 aliphatic heterocycles. The summed E-state index contributed by atoms with van der Waals surface area (Å²) in [5, 5.41) is 17.6. The number of thioether (sulfide) groups is 2. The molecule has 0 fully saturated rings. The third-order valence-corrected chi connectivity index (χ3v) is 7.37. The smallest absolute Gasteiger partial charge is 0.318 e. The molecule has 3 heterocycles. The van der Waals surface area contributed by atoms with Crippen molar-refractivity contribution in [3.63, 3.8) is 0 Å². The SMILES string of the molecule is Cl.ClCc1cscn1.N=C(N)SCc1cscn1.NC(CCSCc1cscn1)=NS(N)(=O)=O.NC=O.NC=S. The summed E-state index contributed by atoms with van der Waals surface area (Å²) < 4.78 is 24.3. The first-order chi connectivity index (χ1) is 18.5. The molecule has 22 heteroatoms. The van der Waals surface area contributed by atoms with Gasteiger partial charge in [-0.3, -0.25) is 10.2 Å². The molecule has 0 aliphatic carbocycles. The Bertz CT molecular complexity index is 1130. The summed E-state index contributed by atoms with van der Waals surface area (Å²) in [6.07, 6.45) is 0.644. The normalized spacial score (nSPS) is 9.80. The van der Waals surface area contributed by atoms with E-state index in [0.29, 0.717) is 23.8 Å². The fourth-order valence-corrected chi connectivity index (χ4v) is 5.50. The number of thiocarbonyl (C=S) groups is 1. The van der Waals surface area contributed by atoms with E-state index < -0.39 is 10.2 Å². The van der Waals surface area contributed by atoms with Gasteiger partial charge in [0.1, 0.15) is 5.84 Å². The number of nitrogens with two attached hydrogens (primary N) is 5. The zero-order chi connectivity index (χ0) is 29.9. The largest absolute Gasteiger partial charge is 0.396 e. The van der Waals surface area contributed by atoms with E-state index in [2.05, 4.69) is 43.0 Å². The number of hydrogen-bond donors (Lipinski definition) is 6. The van der Waals surface area contributed by atoms with Gasteiger partial charge in [-0.05, 0) is 0 Å². The van der Waals surface area contributed by atoms with E-state index in [9.17, 15) is 8.42 Å². The number of hydrogen-bond acceptors (Lipinski definition) is 13. The van der Waals surface area contributed by atoms with E-state index in [1.165, 1.54) is 11.8 Å². The van der Waals surface area contributed by atoms with E-state index in [1.807, 2.05) is 16.1 Å². The van der Waals surface area contributed by atoms with Crippen LogP contribution in [0.15, 0.2) is 37.1 Å². The Kier molecular flexibility index (Phi) is 30.9. The molecule has 13 nitrogen and oxygen atoms in total. The number of alkyl halides is 1. The van der Waals surface area contributed by atoms with Crippen LogP contribution in [0.4, 0.5) is 0 Å². The second kappa shape index (κ2) is 28.9. The lowest BCUT2D eigenvalue weighted by atomic mass is 10.5. The first-order valence-corrected chi connectivity index (χ1v) is 17.4. The minimum absolute atomic E-state index is 0. The van der Waals surface area contributed by atoms with Crippen LogP contribution in [0, 0.1) is 5.41 Å². The molecular formula is C18H30Cl2N10O3S7. The highest BCUT2D eigenvalue weighted by Gasteiger charge is 2.02. The van der Waals surface area contributed by atoms with Crippen molar-refractivity contribution in [2.24, 2.45) is 32.5 Å². The Hall–Kier alpha value is -1.62. The summed E-state index contributed by atoms with van der Waals surface area (Å²) in [4.78, 5) is 20.7. The maximum atomic E-state index is 10.6. The fourth-order valence-electron chi connectivity index (χ4n) is 1.64. The van der Waals surface area contributed by atoms with Crippen LogP contribution in [-0.4, -0.2) is 52.0 Å². The lowest BCUT2D eigenvalue weighted by Crippen LogP contribution is -2.19. The summed E-state index contributed by atoms with van der Waals surface area (Å²) in [7, 11) is -3.86. The molecular weight excluding hydrogens is 700 g/mol. The molecule has 0 radical (unpaired) electrons. The Balaban J connectivity index is -0.000000488. The molecule has 0 spiro atoms. The van der Waals surface area contributed by atoms with Crippen LogP contribution in [0.3, 0.4) is 0 Å². The van der Waals surface area contributed by atoms with Gasteiger partial charge in [0.25, 0.3) is 0 Å². The zero-order valence-corrected chi connectivity index (χ0v) is 28.0. The number of aromatic nitrogens is 3. The van der Waals surface area contributed by atoms with Crippen LogP contribution in [0.25, 0.3) is 0 Å². The fraction of sp³-hybridized carbons (Fsp3) is 0.278. The van der Waals surface area contributed by atoms with Crippen molar-refractivity contribution >= 4 is 127 Å². The number of halogens is 2. The van der Waals surface area contributed by atoms with Crippen LogP contribution < -0.4 is 28.1 Å². The molecule has 0 aliphatic rings. The van der Waals surface area contributed by atoms with Gasteiger partial charge in [-0.1, -0.05) is 24.0 Å². The maximum absolute atomic E-state index is 10.6. The van der Waals surface area contributed by atoms with Crippen molar-refractivity contribution in [2.75, 3.05) is 5.75 Å². The second-order valence-corrected chi connectivity index (χ2v) is 11.9. The van der Waals surface area contributed by atoms with Gasteiger partial charge in [0, 0.05) is 39.8 Å². The highest BCUT2D eigenvalue weighted by atomic mass is 35.5. The summed E-state index contributed by atoms with van der Waals surface area (Å²) in [6, 6.07) is 0. The zero-order valence-electron chi connectivity index (χ0n) is 20.7. The third-order valence-electron chi connectivity index (χ3n) is 2.96.